The van der Waals surface area contributed by atoms with Crippen molar-refractivity contribution in [3.63, 3.8) is 0 Å². The molecule has 0 aromatic carbocycles. The minimum absolute atomic E-state index is 0. The zero-order chi connectivity index (χ0) is 13.6. The molecule has 4 aliphatic rings. The summed E-state index contributed by atoms with van der Waals surface area (Å²) < 4.78 is 0. The van der Waals surface area contributed by atoms with E-state index in [1.54, 1.807) is 0 Å². The van der Waals surface area contributed by atoms with Crippen molar-refractivity contribution in [3.8, 4) is 0 Å². The van der Waals surface area contributed by atoms with E-state index >= 15 is 0 Å². The quantitative estimate of drug-likeness (QED) is 0.393. The van der Waals surface area contributed by atoms with E-state index in [0.29, 0.717) is 0 Å². The molecule has 2 saturated heterocycles. The van der Waals surface area contributed by atoms with Crippen LogP contribution in [-0.2, 0) is 21.1 Å². The Kier molecular flexibility index (Phi) is 14.1. The molecule has 5 heteroatoms. The van der Waals surface area contributed by atoms with Gasteiger partial charge in [0.2, 0.25) is 0 Å². The van der Waals surface area contributed by atoms with Crippen molar-refractivity contribution >= 4 is 0 Å². The Morgan fingerprint density at radius 1 is 0.478 bits per heavy atom. The van der Waals surface area contributed by atoms with Crippen LogP contribution in [0, 0.1) is 11.8 Å². The maximum absolute atomic E-state index is 4.65. The van der Waals surface area contributed by atoms with Crippen LogP contribution in [0.4, 0.5) is 0 Å². The summed E-state index contributed by atoms with van der Waals surface area (Å²) in [4.78, 5) is 0. The molecule has 0 amide bonds. The standard InChI is InChI=1S/2C9H16N.2ClH.Pt/c2*1-2-6-9-8(4-1)5-3-7-10-9;;;/h2*8-9H,1-7H2;2*1H;/q2*-1;;;+4/p-2. The van der Waals surface area contributed by atoms with Crippen LogP contribution < -0.4 is 24.8 Å². The van der Waals surface area contributed by atoms with Crippen molar-refractivity contribution < 1.29 is 45.9 Å². The van der Waals surface area contributed by atoms with Crippen molar-refractivity contribution in [3.05, 3.63) is 10.6 Å². The van der Waals surface area contributed by atoms with Gasteiger partial charge in [0, 0.05) is 0 Å². The van der Waals surface area contributed by atoms with Crippen molar-refractivity contribution in [2.24, 2.45) is 11.8 Å². The third kappa shape index (κ3) is 7.53. The molecular weight excluding hydrogens is 510 g/mol. The van der Waals surface area contributed by atoms with Gasteiger partial charge in [-0.15, -0.1) is 25.2 Å². The number of piperidine rings is 2. The molecule has 0 aromatic heterocycles. The zero-order valence-electron chi connectivity index (χ0n) is 14.2. The molecule has 2 heterocycles. The molecule has 138 valence electrons. The topological polar surface area (TPSA) is 28.2 Å². The predicted octanol–water partition coefficient (Wildman–Crippen LogP) is -0.569. The van der Waals surface area contributed by atoms with Gasteiger partial charge in [0.05, 0.1) is 0 Å². The fourth-order valence-corrected chi connectivity index (χ4v) is 4.75. The van der Waals surface area contributed by atoms with Crippen molar-refractivity contribution in [2.45, 2.75) is 89.1 Å². The predicted molar refractivity (Wildman–Crippen MR) is 86.4 cm³/mol. The minimum atomic E-state index is 0. The second-order valence-corrected chi connectivity index (χ2v) is 7.32. The first kappa shape index (κ1) is 24.2. The molecule has 0 aromatic rings. The van der Waals surface area contributed by atoms with Gasteiger partial charge in [-0.1, -0.05) is 88.9 Å². The molecule has 0 N–H and O–H groups in total. The van der Waals surface area contributed by atoms with E-state index in [1.807, 2.05) is 0 Å². The number of hydrogen-bond donors (Lipinski definition) is 0. The van der Waals surface area contributed by atoms with Crippen molar-refractivity contribution in [2.75, 3.05) is 13.1 Å². The molecule has 2 aliphatic carbocycles. The molecular formula is C18H32Cl2N2Pt. The van der Waals surface area contributed by atoms with Gasteiger partial charge < -0.3 is 35.4 Å². The Morgan fingerprint density at radius 2 is 0.826 bits per heavy atom. The molecule has 4 fully saturated rings. The maximum atomic E-state index is 4.65. The molecule has 0 bridgehead atoms. The van der Waals surface area contributed by atoms with Crippen LogP contribution in [0.5, 0.6) is 0 Å². The van der Waals surface area contributed by atoms with Crippen LogP contribution in [0.3, 0.4) is 0 Å². The average molecular weight is 542 g/mol. The van der Waals surface area contributed by atoms with Crippen molar-refractivity contribution in [1.82, 2.24) is 0 Å². The van der Waals surface area contributed by atoms with E-state index in [1.165, 1.54) is 77.0 Å². The summed E-state index contributed by atoms with van der Waals surface area (Å²) >= 11 is 0. The molecule has 2 aliphatic heterocycles. The SMILES string of the molecule is C1CCC2[N-]CCCC2C1.C1CCC2[N-]CCCC2C1.[Cl-].[Cl-].[Pt+4]. The van der Waals surface area contributed by atoms with Crippen LogP contribution in [0.15, 0.2) is 0 Å². The van der Waals surface area contributed by atoms with Crippen LogP contribution in [0.2, 0.25) is 0 Å². The maximum Gasteiger partial charge on any atom is 4.00 e. The van der Waals surface area contributed by atoms with E-state index in [0.717, 1.165) is 37.0 Å². The summed E-state index contributed by atoms with van der Waals surface area (Å²) in [6.45, 7) is 2.31. The average Bonchev–Trinajstić information content (AvgIpc) is 2.56. The second kappa shape index (κ2) is 13.4. The van der Waals surface area contributed by atoms with Gasteiger partial charge in [0.25, 0.3) is 0 Å². The smallest absolute Gasteiger partial charge is 1.00 e. The monoisotopic (exact) mass is 541 g/mol. The summed E-state index contributed by atoms with van der Waals surface area (Å²) in [6, 6.07) is 1.56. The third-order valence-electron chi connectivity index (χ3n) is 5.93. The summed E-state index contributed by atoms with van der Waals surface area (Å²) in [5.41, 5.74) is 0. The summed E-state index contributed by atoms with van der Waals surface area (Å²) in [5, 5.41) is 9.30. The fourth-order valence-electron chi connectivity index (χ4n) is 4.75. The number of nitrogens with zero attached hydrogens (tertiary/aromatic N) is 2. The van der Waals surface area contributed by atoms with Gasteiger partial charge in [-0.2, -0.15) is 0 Å². The molecule has 4 unspecified atom stereocenters. The Balaban J connectivity index is 0.000000372. The van der Waals surface area contributed by atoms with E-state index in [9.17, 15) is 0 Å². The largest absolute Gasteiger partial charge is 4.00 e. The molecule has 23 heavy (non-hydrogen) atoms. The van der Waals surface area contributed by atoms with Gasteiger partial charge in [-0.05, 0) is 0 Å². The normalized spacial score (nSPS) is 35.5. The van der Waals surface area contributed by atoms with E-state index in [4.69, 9.17) is 0 Å². The van der Waals surface area contributed by atoms with E-state index in [2.05, 4.69) is 10.6 Å². The summed E-state index contributed by atoms with van der Waals surface area (Å²) in [7, 11) is 0. The van der Waals surface area contributed by atoms with Gasteiger partial charge in [0.1, 0.15) is 0 Å². The van der Waals surface area contributed by atoms with Crippen LogP contribution in [-0.4, -0.2) is 25.2 Å². The van der Waals surface area contributed by atoms with Gasteiger partial charge >= 0.3 is 21.1 Å². The van der Waals surface area contributed by atoms with Gasteiger partial charge in [0.15, 0.2) is 0 Å². The minimum Gasteiger partial charge on any atom is -1.00 e. The van der Waals surface area contributed by atoms with Crippen LogP contribution in [0.1, 0.15) is 77.0 Å². The van der Waals surface area contributed by atoms with Gasteiger partial charge in [-0.3, -0.25) is 0 Å². The molecule has 2 nitrogen and oxygen atoms in total. The number of hydrogen-bond acceptors (Lipinski definition) is 0. The Bertz CT molecular complexity index is 214. The summed E-state index contributed by atoms with van der Waals surface area (Å²) in [6.07, 6.45) is 17.2. The van der Waals surface area contributed by atoms with E-state index in [-0.39, 0.29) is 45.9 Å². The van der Waals surface area contributed by atoms with Crippen LogP contribution in [0.25, 0.3) is 10.6 Å². The number of rotatable bonds is 0. The molecule has 0 radical (unpaired) electrons. The molecule has 4 atom stereocenters. The summed E-state index contributed by atoms with van der Waals surface area (Å²) in [5.74, 6) is 1.98. The third-order valence-corrected chi connectivity index (χ3v) is 5.93. The second-order valence-electron chi connectivity index (χ2n) is 7.32. The fraction of sp³-hybridized carbons (Fsp3) is 1.00. The molecule has 0 spiro atoms. The molecule has 2 saturated carbocycles. The first-order valence-corrected chi connectivity index (χ1v) is 9.27. The first-order valence-electron chi connectivity index (χ1n) is 9.27. The van der Waals surface area contributed by atoms with Crippen molar-refractivity contribution in [1.29, 1.82) is 0 Å². The Hall–Kier alpha value is 1.19. The Labute approximate surface area is 170 Å². The molecule has 4 rings (SSSR count). The number of halogens is 2. The Morgan fingerprint density at radius 3 is 1.22 bits per heavy atom. The van der Waals surface area contributed by atoms with E-state index < -0.39 is 0 Å². The zero-order valence-corrected chi connectivity index (χ0v) is 18.0. The number of fused-ring (bicyclic) bond motifs is 2. The van der Waals surface area contributed by atoms with Crippen LogP contribution >= 0.6 is 0 Å². The van der Waals surface area contributed by atoms with Gasteiger partial charge in [-0.25, -0.2) is 0 Å². The first-order chi connectivity index (χ1) is 9.93.